The van der Waals surface area contributed by atoms with Gasteiger partial charge in [-0.05, 0) is 56.2 Å². The number of halogens is 5. The molecule has 0 N–H and O–H groups in total. The SMILES string of the molecule is O=C(Cl)c1nc(C(F)F)cc(Br)c1I. The van der Waals surface area contributed by atoms with Gasteiger partial charge in [-0.25, -0.2) is 13.8 Å². The summed E-state index contributed by atoms with van der Waals surface area (Å²) in [6, 6.07) is 1.16. The van der Waals surface area contributed by atoms with E-state index in [0.717, 1.165) is 6.07 Å². The molecule has 1 aromatic rings. The zero-order valence-electron chi connectivity index (χ0n) is 6.40. The van der Waals surface area contributed by atoms with E-state index in [4.69, 9.17) is 11.6 Å². The minimum Gasteiger partial charge on any atom is -0.274 e. The number of hydrogen-bond acceptors (Lipinski definition) is 2. The lowest BCUT2D eigenvalue weighted by Crippen LogP contribution is -2.03. The molecule has 2 nitrogen and oxygen atoms in total. The molecule has 0 bridgehead atoms. The number of aromatic nitrogens is 1. The molecule has 0 aliphatic heterocycles. The van der Waals surface area contributed by atoms with E-state index in [0.29, 0.717) is 8.04 Å². The van der Waals surface area contributed by atoms with Crippen LogP contribution in [0.15, 0.2) is 10.5 Å². The Kier molecular flexibility index (Phi) is 4.20. The zero-order valence-corrected chi connectivity index (χ0v) is 10.9. The predicted molar refractivity (Wildman–Crippen MR) is 59.8 cm³/mol. The lowest BCUT2D eigenvalue weighted by molar-refractivity contribution is 0.107. The molecule has 0 aliphatic rings. The summed E-state index contributed by atoms with van der Waals surface area (Å²) in [5.74, 6) is 0. The summed E-state index contributed by atoms with van der Waals surface area (Å²) in [6.45, 7) is 0. The van der Waals surface area contributed by atoms with Gasteiger partial charge in [0.15, 0.2) is 0 Å². The summed E-state index contributed by atoms with van der Waals surface area (Å²) >= 11 is 10.0. The standard InChI is InChI=1S/C7H2BrClF2INO/c8-2-1-3(7(10)11)13-5(4(2)12)6(9)14/h1,7H. The van der Waals surface area contributed by atoms with Crippen molar-refractivity contribution in [2.24, 2.45) is 0 Å². The number of carbonyl (C=O) groups is 1. The lowest BCUT2D eigenvalue weighted by Gasteiger charge is -2.05. The Morgan fingerprint density at radius 3 is 2.64 bits per heavy atom. The van der Waals surface area contributed by atoms with Crippen molar-refractivity contribution in [2.75, 3.05) is 0 Å². The summed E-state index contributed by atoms with van der Waals surface area (Å²) in [5.41, 5.74) is -0.627. The van der Waals surface area contributed by atoms with E-state index in [1.165, 1.54) is 0 Å². The Balaban J connectivity index is 3.35. The molecule has 7 heteroatoms. The first kappa shape index (κ1) is 12.3. The van der Waals surface area contributed by atoms with Crippen LogP contribution in [0, 0.1) is 3.57 Å². The van der Waals surface area contributed by atoms with Gasteiger partial charge in [0.25, 0.3) is 11.7 Å². The minimum atomic E-state index is -2.72. The molecule has 0 amide bonds. The van der Waals surface area contributed by atoms with Gasteiger partial charge in [-0.1, -0.05) is 0 Å². The van der Waals surface area contributed by atoms with Crippen molar-refractivity contribution in [3.8, 4) is 0 Å². The number of hydrogen-bond donors (Lipinski definition) is 0. The molecule has 1 rings (SSSR count). The summed E-state index contributed by atoms with van der Waals surface area (Å²) in [6.07, 6.45) is -2.72. The largest absolute Gasteiger partial charge is 0.280 e. The van der Waals surface area contributed by atoms with E-state index in [9.17, 15) is 13.6 Å². The number of nitrogens with zero attached hydrogens (tertiary/aromatic N) is 1. The Morgan fingerprint density at radius 1 is 1.64 bits per heavy atom. The van der Waals surface area contributed by atoms with Crippen LogP contribution in [-0.4, -0.2) is 10.2 Å². The van der Waals surface area contributed by atoms with Crippen molar-refractivity contribution in [2.45, 2.75) is 6.43 Å². The quantitative estimate of drug-likeness (QED) is 0.563. The van der Waals surface area contributed by atoms with Gasteiger partial charge in [0.05, 0.1) is 3.57 Å². The van der Waals surface area contributed by atoms with Gasteiger partial charge >= 0.3 is 0 Å². The van der Waals surface area contributed by atoms with E-state index in [2.05, 4.69) is 20.9 Å². The molecule has 1 heterocycles. The van der Waals surface area contributed by atoms with Gasteiger partial charge in [0.2, 0.25) is 0 Å². The van der Waals surface area contributed by atoms with E-state index < -0.39 is 17.4 Å². The predicted octanol–water partition coefficient (Wildman–Crippen LogP) is 3.77. The van der Waals surface area contributed by atoms with Gasteiger partial charge in [-0.2, -0.15) is 0 Å². The molecule has 76 valence electrons. The summed E-state index contributed by atoms with van der Waals surface area (Å²) < 4.78 is 25.4. The molecule has 1 aromatic heterocycles. The highest BCUT2D eigenvalue weighted by Gasteiger charge is 2.18. The van der Waals surface area contributed by atoms with Gasteiger partial charge in [0, 0.05) is 4.47 Å². The molecule has 0 aliphatic carbocycles. The Hall–Kier alpha value is 0.180. The highest BCUT2D eigenvalue weighted by atomic mass is 127. The fourth-order valence-electron chi connectivity index (χ4n) is 0.759. The first-order valence-electron chi connectivity index (χ1n) is 3.27. The van der Waals surface area contributed by atoms with Crippen LogP contribution in [0.2, 0.25) is 0 Å². The van der Waals surface area contributed by atoms with Crippen LogP contribution in [0.1, 0.15) is 22.6 Å². The summed E-state index contributed by atoms with van der Waals surface area (Å²) in [7, 11) is 0. The van der Waals surface area contributed by atoms with E-state index >= 15 is 0 Å². The minimum absolute atomic E-state index is 0.156. The Morgan fingerprint density at radius 2 is 2.21 bits per heavy atom. The normalized spacial score (nSPS) is 10.7. The maximum absolute atomic E-state index is 12.3. The van der Waals surface area contributed by atoms with Gasteiger partial charge in [0.1, 0.15) is 11.4 Å². The van der Waals surface area contributed by atoms with Crippen molar-refractivity contribution in [1.82, 2.24) is 4.98 Å². The molecule has 0 aromatic carbocycles. The second-order valence-corrected chi connectivity index (χ2v) is 4.54. The highest BCUT2D eigenvalue weighted by molar-refractivity contribution is 14.1. The van der Waals surface area contributed by atoms with E-state index in [1.54, 1.807) is 22.6 Å². The molecule has 0 saturated heterocycles. The monoisotopic (exact) mass is 395 g/mol. The molecule has 0 unspecified atom stereocenters. The average molecular weight is 396 g/mol. The third-order valence-corrected chi connectivity index (χ3v) is 3.98. The molecule has 14 heavy (non-hydrogen) atoms. The number of alkyl halides is 2. The second kappa shape index (κ2) is 4.80. The third-order valence-electron chi connectivity index (χ3n) is 1.34. The van der Waals surface area contributed by atoms with E-state index in [-0.39, 0.29) is 5.69 Å². The van der Waals surface area contributed by atoms with Crippen LogP contribution in [0.5, 0.6) is 0 Å². The topological polar surface area (TPSA) is 30.0 Å². The number of pyridine rings is 1. The molecule has 0 spiro atoms. The summed E-state index contributed by atoms with van der Waals surface area (Å²) in [4.78, 5) is 14.3. The van der Waals surface area contributed by atoms with Crippen molar-refractivity contribution < 1.29 is 13.6 Å². The van der Waals surface area contributed by atoms with Crippen LogP contribution < -0.4 is 0 Å². The van der Waals surface area contributed by atoms with Crippen molar-refractivity contribution in [3.63, 3.8) is 0 Å². The van der Waals surface area contributed by atoms with Crippen LogP contribution in [0.4, 0.5) is 8.78 Å². The molecular formula is C7H2BrClF2INO. The first-order valence-corrected chi connectivity index (χ1v) is 5.52. The average Bonchev–Trinajstić information content (AvgIpc) is 2.08. The van der Waals surface area contributed by atoms with Crippen LogP contribution in [0.25, 0.3) is 0 Å². The second-order valence-electron chi connectivity index (χ2n) is 2.27. The smallest absolute Gasteiger partial charge is 0.274 e. The zero-order chi connectivity index (χ0) is 10.9. The van der Waals surface area contributed by atoms with Crippen LogP contribution in [-0.2, 0) is 0 Å². The lowest BCUT2D eigenvalue weighted by atomic mass is 10.3. The molecule has 0 radical (unpaired) electrons. The maximum Gasteiger partial charge on any atom is 0.280 e. The first-order chi connectivity index (χ1) is 6.43. The van der Waals surface area contributed by atoms with Crippen molar-refractivity contribution >= 4 is 55.4 Å². The van der Waals surface area contributed by atoms with Gasteiger partial charge in [-0.3, -0.25) is 4.79 Å². The fourth-order valence-corrected chi connectivity index (χ4v) is 2.00. The van der Waals surface area contributed by atoms with Crippen LogP contribution >= 0.6 is 50.1 Å². The Bertz CT molecular complexity index is 388. The third kappa shape index (κ3) is 2.60. The highest BCUT2D eigenvalue weighted by Crippen LogP contribution is 2.27. The maximum atomic E-state index is 12.3. The van der Waals surface area contributed by atoms with E-state index in [1.807, 2.05) is 0 Å². The number of rotatable bonds is 2. The summed E-state index contributed by atoms with van der Waals surface area (Å²) in [5, 5.41) is -0.849. The molecule has 0 saturated carbocycles. The van der Waals surface area contributed by atoms with Crippen molar-refractivity contribution in [1.29, 1.82) is 0 Å². The molecule has 0 fully saturated rings. The van der Waals surface area contributed by atoms with Crippen molar-refractivity contribution in [3.05, 3.63) is 25.5 Å². The number of carbonyl (C=O) groups excluding carboxylic acids is 1. The van der Waals surface area contributed by atoms with Crippen LogP contribution in [0.3, 0.4) is 0 Å². The fraction of sp³-hybridized carbons (Fsp3) is 0.143. The molecule has 0 atom stereocenters. The molecular weight excluding hydrogens is 394 g/mol. The van der Waals surface area contributed by atoms with Gasteiger partial charge < -0.3 is 0 Å². The van der Waals surface area contributed by atoms with Gasteiger partial charge in [-0.15, -0.1) is 0 Å². The Labute approximate surface area is 105 Å².